The minimum absolute atomic E-state index is 0.0554. The molecule has 1 fully saturated rings. The summed E-state index contributed by atoms with van der Waals surface area (Å²) < 4.78 is 0. The van der Waals surface area contributed by atoms with Crippen molar-refractivity contribution in [3.05, 3.63) is 0 Å². The maximum Gasteiger partial charge on any atom is 0.240 e. The lowest BCUT2D eigenvalue weighted by Crippen LogP contribution is -2.64. The lowest BCUT2D eigenvalue weighted by atomic mass is 9.98. The van der Waals surface area contributed by atoms with Gasteiger partial charge in [0.15, 0.2) is 0 Å². The van der Waals surface area contributed by atoms with Crippen LogP contribution in [0.2, 0.25) is 0 Å². The molecule has 5 N–H and O–H groups in total. The van der Waals surface area contributed by atoms with Crippen molar-refractivity contribution in [3.8, 4) is 0 Å². The number of rotatable bonds is 3. The fourth-order valence-corrected chi connectivity index (χ4v) is 1.62. The van der Waals surface area contributed by atoms with E-state index in [0.717, 1.165) is 6.54 Å². The van der Waals surface area contributed by atoms with E-state index in [2.05, 4.69) is 10.2 Å². The Morgan fingerprint density at radius 3 is 2.86 bits per heavy atom. The Morgan fingerprint density at radius 2 is 2.29 bits per heavy atom. The number of nitrogens with two attached hydrogens (primary N) is 2. The second-order valence-corrected chi connectivity index (χ2v) is 4.26. The standard InChI is InChI=1S/C9H20N4O/c1-9(2)8(14)12-3-4-13(9)6-7(11)5-10/h7H,3-6,10-11H2,1-2H3,(H,12,14). The zero-order valence-corrected chi connectivity index (χ0v) is 8.92. The molecule has 1 heterocycles. The third-order valence-electron chi connectivity index (χ3n) is 2.77. The van der Waals surface area contributed by atoms with Gasteiger partial charge in [-0.05, 0) is 13.8 Å². The van der Waals surface area contributed by atoms with Crippen molar-refractivity contribution in [3.63, 3.8) is 0 Å². The number of nitrogens with zero attached hydrogens (tertiary/aromatic N) is 1. The van der Waals surface area contributed by atoms with Crippen LogP contribution in [0.4, 0.5) is 0 Å². The monoisotopic (exact) mass is 200 g/mol. The molecule has 0 radical (unpaired) electrons. The Labute approximate surface area is 84.8 Å². The molecule has 1 aliphatic rings. The van der Waals surface area contributed by atoms with Gasteiger partial charge in [-0.2, -0.15) is 0 Å². The quantitative estimate of drug-likeness (QED) is 0.517. The molecule has 0 aromatic rings. The zero-order valence-electron chi connectivity index (χ0n) is 8.92. The van der Waals surface area contributed by atoms with Crippen LogP contribution >= 0.6 is 0 Å². The van der Waals surface area contributed by atoms with Gasteiger partial charge >= 0.3 is 0 Å². The van der Waals surface area contributed by atoms with Crippen LogP contribution in [0, 0.1) is 0 Å². The molecule has 1 saturated heterocycles. The first-order valence-electron chi connectivity index (χ1n) is 4.97. The maximum atomic E-state index is 11.6. The van der Waals surface area contributed by atoms with E-state index in [1.807, 2.05) is 13.8 Å². The maximum absolute atomic E-state index is 11.6. The molecule has 0 saturated carbocycles. The van der Waals surface area contributed by atoms with Crippen LogP contribution in [-0.4, -0.2) is 48.6 Å². The Bertz CT molecular complexity index is 217. The first kappa shape index (κ1) is 11.4. The van der Waals surface area contributed by atoms with Crippen molar-refractivity contribution < 1.29 is 4.79 Å². The Balaban J connectivity index is 2.62. The molecule has 82 valence electrons. The summed E-state index contributed by atoms with van der Waals surface area (Å²) in [5.41, 5.74) is 10.8. The first-order chi connectivity index (χ1) is 6.48. The Morgan fingerprint density at radius 1 is 1.64 bits per heavy atom. The molecule has 1 amide bonds. The number of carbonyl (C=O) groups excluding carboxylic acids is 1. The topological polar surface area (TPSA) is 84.4 Å². The van der Waals surface area contributed by atoms with Gasteiger partial charge in [-0.1, -0.05) is 0 Å². The third kappa shape index (κ3) is 2.23. The molecule has 5 nitrogen and oxygen atoms in total. The molecular formula is C9H20N4O. The van der Waals surface area contributed by atoms with E-state index in [1.54, 1.807) is 0 Å². The van der Waals surface area contributed by atoms with Crippen molar-refractivity contribution in [2.24, 2.45) is 11.5 Å². The average Bonchev–Trinajstić information content (AvgIpc) is 2.13. The molecular weight excluding hydrogens is 180 g/mol. The van der Waals surface area contributed by atoms with Gasteiger partial charge in [0.25, 0.3) is 0 Å². The first-order valence-corrected chi connectivity index (χ1v) is 4.97. The molecule has 14 heavy (non-hydrogen) atoms. The molecule has 0 aliphatic carbocycles. The van der Waals surface area contributed by atoms with Gasteiger partial charge in [0.2, 0.25) is 5.91 Å². The van der Waals surface area contributed by atoms with E-state index in [9.17, 15) is 4.79 Å². The van der Waals surface area contributed by atoms with Crippen molar-refractivity contribution in [2.75, 3.05) is 26.2 Å². The van der Waals surface area contributed by atoms with Gasteiger partial charge in [0, 0.05) is 32.2 Å². The van der Waals surface area contributed by atoms with Gasteiger partial charge in [-0.3, -0.25) is 9.69 Å². The predicted molar refractivity (Wildman–Crippen MR) is 55.7 cm³/mol. The van der Waals surface area contributed by atoms with Crippen molar-refractivity contribution in [2.45, 2.75) is 25.4 Å². The van der Waals surface area contributed by atoms with Crippen molar-refractivity contribution in [1.29, 1.82) is 0 Å². The number of carbonyl (C=O) groups is 1. The van der Waals surface area contributed by atoms with E-state index in [4.69, 9.17) is 11.5 Å². The Kier molecular flexibility index (Phi) is 3.47. The summed E-state index contributed by atoms with van der Waals surface area (Å²) in [6.45, 7) is 6.48. The van der Waals surface area contributed by atoms with Gasteiger partial charge in [0.1, 0.15) is 0 Å². The second-order valence-electron chi connectivity index (χ2n) is 4.26. The zero-order chi connectivity index (χ0) is 10.8. The minimum atomic E-state index is -0.467. The van der Waals surface area contributed by atoms with Crippen LogP contribution in [0.3, 0.4) is 0 Å². The largest absolute Gasteiger partial charge is 0.353 e. The Hall–Kier alpha value is -0.650. The molecule has 0 aromatic carbocycles. The van der Waals surface area contributed by atoms with Gasteiger partial charge < -0.3 is 16.8 Å². The van der Waals surface area contributed by atoms with E-state index in [0.29, 0.717) is 19.6 Å². The number of hydrogen-bond acceptors (Lipinski definition) is 4. The summed E-state index contributed by atoms with van der Waals surface area (Å²) in [6.07, 6.45) is 0. The lowest BCUT2D eigenvalue weighted by Gasteiger charge is -2.42. The molecule has 0 aromatic heterocycles. The highest BCUT2D eigenvalue weighted by Crippen LogP contribution is 2.17. The van der Waals surface area contributed by atoms with Crippen LogP contribution in [0.25, 0.3) is 0 Å². The van der Waals surface area contributed by atoms with Crippen molar-refractivity contribution in [1.82, 2.24) is 10.2 Å². The summed E-state index contributed by atoms with van der Waals surface area (Å²) in [5.74, 6) is 0.0629. The summed E-state index contributed by atoms with van der Waals surface area (Å²) in [4.78, 5) is 13.7. The highest BCUT2D eigenvalue weighted by molar-refractivity contribution is 5.86. The van der Waals surface area contributed by atoms with Gasteiger partial charge in [-0.25, -0.2) is 0 Å². The minimum Gasteiger partial charge on any atom is -0.353 e. The average molecular weight is 200 g/mol. The fourth-order valence-electron chi connectivity index (χ4n) is 1.62. The molecule has 5 heteroatoms. The predicted octanol–water partition coefficient (Wildman–Crippen LogP) is -1.52. The molecule has 1 rings (SSSR count). The molecule has 0 bridgehead atoms. The second kappa shape index (κ2) is 4.25. The fraction of sp³-hybridized carbons (Fsp3) is 0.889. The van der Waals surface area contributed by atoms with Crippen molar-refractivity contribution >= 4 is 5.91 Å². The third-order valence-corrected chi connectivity index (χ3v) is 2.77. The number of amides is 1. The molecule has 1 atom stereocenters. The highest BCUT2D eigenvalue weighted by Gasteiger charge is 2.37. The van der Waals surface area contributed by atoms with Crippen LogP contribution < -0.4 is 16.8 Å². The SMILES string of the molecule is CC1(C)C(=O)NCCN1CC(N)CN. The van der Waals surface area contributed by atoms with E-state index < -0.39 is 5.54 Å². The summed E-state index contributed by atoms with van der Waals surface area (Å²) in [7, 11) is 0. The summed E-state index contributed by atoms with van der Waals surface area (Å²) in [5, 5.41) is 2.84. The highest BCUT2D eigenvalue weighted by atomic mass is 16.2. The van der Waals surface area contributed by atoms with Crippen LogP contribution in [0.5, 0.6) is 0 Å². The van der Waals surface area contributed by atoms with Crippen LogP contribution in [0.1, 0.15) is 13.8 Å². The smallest absolute Gasteiger partial charge is 0.240 e. The van der Waals surface area contributed by atoms with Crippen LogP contribution in [-0.2, 0) is 4.79 Å². The van der Waals surface area contributed by atoms with Crippen LogP contribution in [0.15, 0.2) is 0 Å². The summed E-state index contributed by atoms with van der Waals surface area (Å²) >= 11 is 0. The van der Waals surface area contributed by atoms with E-state index in [-0.39, 0.29) is 11.9 Å². The van der Waals surface area contributed by atoms with E-state index in [1.165, 1.54) is 0 Å². The normalized spacial score (nSPS) is 24.4. The van der Waals surface area contributed by atoms with Gasteiger partial charge in [0.05, 0.1) is 5.54 Å². The van der Waals surface area contributed by atoms with Gasteiger partial charge in [-0.15, -0.1) is 0 Å². The molecule has 1 unspecified atom stereocenters. The number of hydrogen-bond donors (Lipinski definition) is 3. The molecule has 0 spiro atoms. The number of nitrogens with one attached hydrogen (secondary N) is 1. The lowest BCUT2D eigenvalue weighted by molar-refractivity contribution is -0.135. The number of piperazine rings is 1. The van der Waals surface area contributed by atoms with E-state index >= 15 is 0 Å². The molecule has 1 aliphatic heterocycles. The summed E-state index contributed by atoms with van der Waals surface area (Å²) in [6, 6.07) is -0.0554.